The molecule has 0 saturated heterocycles. The van der Waals surface area contributed by atoms with Gasteiger partial charge in [-0.3, -0.25) is 0 Å². The van der Waals surface area contributed by atoms with Gasteiger partial charge in [-0.1, -0.05) is 24.9 Å². The van der Waals surface area contributed by atoms with E-state index >= 15 is 0 Å². The number of aromatic nitrogens is 1. The molecule has 1 atom stereocenters. The molecule has 2 N–H and O–H groups in total. The predicted octanol–water partition coefficient (Wildman–Crippen LogP) is 2.26. The summed E-state index contributed by atoms with van der Waals surface area (Å²) < 4.78 is 32.3. The Labute approximate surface area is 131 Å². The molecule has 6 nitrogen and oxygen atoms in total. The van der Waals surface area contributed by atoms with Crippen molar-refractivity contribution in [3.63, 3.8) is 0 Å². The number of methoxy groups -OCH3 is 1. The SMILES string of the molecule is CCCC(COC)NS(=O)(=O)c1cnc(NCC)c(Cl)c1. The van der Waals surface area contributed by atoms with E-state index in [2.05, 4.69) is 15.0 Å². The summed E-state index contributed by atoms with van der Waals surface area (Å²) >= 11 is 6.03. The minimum absolute atomic E-state index is 0.0476. The third-order valence-corrected chi connectivity index (χ3v) is 4.57. The number of hydrogen-bond acceptors (Lipinski definition) is 5. The quantitative estimate of drug-likeness (QED) is 0.723. The standard InChI is InChI=1S/C13H22ClN3O3S/c1-4-6-10(9-20-3)17-21(18,19)11-7-12(14)13(15-5-2)16-8-11/h7-8,10,17H,4-6,9H2,1-3H3,(H,15,16). The zero-order valence-corrected chi connectivity index (χ0v) is 14.1. The molecule has 0 aliphatic rings. The fourth-order valence-electron chi connectivity index (χ4n) is 1.88. The number of sulfonamides is 1. The molecule has 0 fully saturated rings. The van der Waals surface area contributed by atoms with E-state index in [1.165, 1.54) is 12.3 Å². The van der Waals surface area contributed by atoms with Crippen molar-refractivity contribution in [2.24, 2.45) is 0 Å². The zero-order valence-electron chi connectivity index (χ0n) is 12.5. The van der Waals surface area contributed by atoms with Gasteiger partial charge < -0.3 is 10.1 Å². The maximum Gasteiger partial charge on any atom is 0.242 e. The average Bonchev–Trinajstić information content (AvgIpc) is 2.41. The molecule has 1 aromatic heterocycles. The van der Waals surface area contributed by atoms with Crippen LogP contribution in [0.5, 0.6) is 0 Å². The van der Waals surface area contributed by atoms with Crippen LogP contribution in [0.25, 0.3) is 0 Å². The number of ether oxygens (including phenoxy) is 1. The Hall–Kier alpha value is -0.890. The summed E-state index contributed by atoms with van der Waals surface area (Å²) in [5.41, 5.74) is 0. The molecule has 0 radical (unpaired) electrons. The van der Waals surface area contributed by atoms with E-state index in [1.807, 2.05) is 13.8 Å². The highest BCUT2D eigenvalue weighted by atomic mass is 35.5. The van der Waals surface area contributed by atoms with E-state index in [0.717, 1.165) is 6.42 Å². The van der Waals surface area contributed by atoms with Gasteiger partial charge >= 0.3 is 0 Å². The van der Waals surface area contributed by atoms with Crippen LogP contribution in [0.15, 0.2) is 17.2 Å². The largest absolute Gasteiger partial charge is 0.383 e. The number of hydrogen-bond donors (Lipinski definition) is 2. The molecule has 0 saturated carbocycles. The highest BCUT2D eigenvalue weighted by Crippen LogP contribution is 2.22. The normalized spacial score (nSPS) is 13.1. The summed E-state index contributed by atoms with van der Waals surface area (Å²) in [5, 5.41) is 3.23. The van der Waals surface area contributed by atoms with E-state index in [0.29, 0.717) is 25.4 Å². The van der Waals surface area contributed by atoms with Crippen LogP contribution in [-0.2, 0) is 14.8 Å². The molecule has 1 rings (SSSR count). The van der Waals surface area contributed by atoms with Crippen molar-refractivity contribution in [2.75, 3.05) is 25.6 Å². The van der Waals surface area contributed by atoms with E-state index in [9.17, 15) is 8.42 Å². The van der Waals surface area contributed by atoms with Gasteiger partial charge in [0.05, 0.1) is 11.6 Å². The number of rotatable bonds is 9. The Balaban J connectivity index is 2.93. The van der Waals surface area contributed by atoms with Crippen molar-refractivity contribution in [1.29, 1.82) is 0 Å². The minimum atomic E-state index is -3.66. The van der Waals surface area contributed by atoms with Gasteiger partial charge in [-0.25, -0.2) is 18.1 Å². The fraction of sp³-hybridized carbons (Fsp3) is 0.615. The highest BCUT2D eigenvalue weighted by molar-refractivity contribution is 7.89. The second-order valence-electron chi connectivity index (χ2n) is 4.59. The van der Waals surface area contributed by atoms with Gasteiger partial charge in [0.25, 0.3) is 0 Å². The topological polar surface area (TPSA) is 80.3 Å². The highest BCUT2D eigenvalue weighted by Gasteiger charge is 2.21. The zero-order chi connectivity index (χ0) is 15.9. The van der Waals surface area contributed by atoms with Crippen LogP contribution in [-0.4, -0.2) is 39.7 Å². The van der Waals surface area contributed by atoms with E-state index < -0.39 is 10.0 Å². The van der Waals surface area contributed by atoms with Crippen molar-refractivity contribution in [1.82, 2.24) is 9.71 Å². The van der Waals surface area contributed by atoms with Gasteiger partial charge in [-0.2, -0.15) is 0 Å². The number of anilines is 1. The summed E-state index contributed by atoms with van der Waals surface area (Å²) in [6, 6.07) is 1.13. The molecule has 1 heterocycles. The van der Waals surface area contributed by atoms with Crippen LogP contribution in [0, 0.1) is 0 Å². The first kappa shape index (κ1) is 18.2. The summed E-state index contributed by atoms with van der Waals surface area (Å²) in [5.74, 6) is 0.472. The molecule has 1 unspecified atom stereocenters. The number of halogens is 1. The lowest BCUT2D eigenvalue weighted by atomic mass is 10.2. The lowest BCUT2D eigenvalue weighted by molar-refractivity contribution is 0.171. The Bertz CT molecular complexity index is 546. The molecule has 0 aliphatic heterocycles. The summed E-state index contributed by atoms with van der Waals surface area (Å²) in [4.78, 5) is 4.09. The van der Waals surface area contributed by atoms with Gasteiger partial charge in [0, 0.05) is 25.9 Å². The van der Waals surface area contributed by atoms with Crippen LogP contribution in [0.1, 0.15) is 26.7 Å². The molecule has 0 aliphatic carbocycles. The van der Waals surface area contributed by atoms with E-state index in [-0.39, 0.29) is 16.0 Å². The van der Waals surface area contributed by atoms with Crippen LogP contribution < -0.4 is 10.0 Å². The maximum atomic E-state index is 12.3. The number of nitrogens with one attached hydrogen (secondary N) is 2. The molecule has 120 valence electrons. The van der Waals surface area contributed by atoms with Gasteiger partial charge in [0.1, 0.15) is 10.7 Å². The van der Waals surface area contributed by atoms with Crippen molar-refractivity contribution < 1.29 is 13.2 Å². The molecule has 0 amide bonds. The lowest BCUT2D eigenvalue weighted by Gasteiger charge is -2.17. The first-order chi connectivity index (χ1) is 9.94. The van der Waals surface area contributed by atoms with Crippen molar-refractivity contribution >= 4 is 27.4 Å². The maximum absolute atomic E-state index is 12.3. The molecule has 21 heavy (non-hydrogen) atoms. The summed E-state index contributed by atoms with van der Waals surface area (Å²) in [7, 11) is -2.12. The van der Waals surface area contributed by atoms with Gasteiger partial charge in [-0.05, 0) is 19.4 Å². The molecule has 0 spiro atoms. The third kappa shape index (κ3) is 5.43. The average molecular weight is 336 g/mol. The second kappa shape index (κ2) is 8.53. The van der Waals surface area contributed by atoms with E-state index in [4.69, 9.17) is 16.3 Å². The Morgan fingerprint density at radius 2 is 2.14 bits per heavy atom. The molecule has 0 aromatic carbocycles. The minimum Gasteiger partial charge on any atom is -0.383 e. The Morgan fingerprint density at radius 3 is 2.67 bits per heavy atom. The lowest BCUT2D eigenvalue weighted by Crippen LogP contribution is -2.37. The molecule has 0 bridgehead atoms. The van der Waals surface area contributed by atoms with Crippen LogP contribution in [0.3, 0.4) is 0 Å². The van der Waals surface area contributed by atoms with Crippen molar-refractivity contribution in [3.05, 3.63) is 17.3 Å². The van der Waals surface area contributed by atoms with Crippen molar-refractivity contribution in [3.8, 4) is 0 Å². The third-order valence-electron chi connectivity index (χ3n) is 2.80. The number of nitrogens with zero attached hydrogens (tertiary/aromatic N) is 1. The Kier molecular flexibility index (Phi) is 7.37. The predicted molar refractivity (Wildman–Crippen MR) is 84.3 cm³/mol. The molecular weight excluding hydrogens is 314 g/mol. The first-order valence-corrected chi connectivity index (χ1v) is 8.71. The van der Waals surface area contributed by atoms with Crippen LogP contribution in [0.4, 0.5) is 5.82 Å². The second-order valence-corrected chi connectivity index (χ2v) is 6.72. The van der Waals surface area contributed by atoms with Gasteiger partial charge in [-0.15, -0.1) is 0 Å². The number of pyridine rings is 1. The molecule has 8 heteroatoms. The summed E-state index contributed by atoms with van der Waals surface area (Å²) in [6.45, 7) is 4.87. The van der Waals surface area contributed by atoms with Crippen molar-refractivity contribution in [2.45, 2.75) is 37.6 Å². The fourth-order valence-corrected chi connectivity index (χ4v) is 3.40. The van der Waals surface area contributed by atoms with Gasteiger partial charge in [0.2, 0.25) is 10.0 Å². The first-order valence-electron chi connectivity index (χ1n) is 6.85. The molecule has 1 aromatic rings. The van der Waals surface area contributed by atoms with E-state index in [1.54, 1.807) is 7.11 Å². The molecular formula is C13H22ClN3O3S. The summed E-state index contributed by atoms with van der Waals surface area (Å²) in [6.07, 6.45) is 2.85. The monoisotopic (exact) mass is 335 g/mol. The Morgan fingerprint density at radius 1 is 1.43 bits per heavy atom. The smallest absolute Gasteiger partial charge is 0.242 e. The van der Waals surface area contributed by atoms with Crippen LogP contribution >= 0.6 is 11.6 Å². The van der Waals surface area contributed by atoms with Gasteiger partial charge in [0.15, 0.2) is 0 Å². The van der Waals surface area contributed by atoms with Crippen LogP contribution in [0.2, 0.25) is 5.02 Å².